The Balaban J connectivity index is 2.32. The molecule has 0 aliphatic heterocycles. The standard InChI is InChI=1S/C17H21N3O/c1-4-5-13-6-8-14(9-7-13)21-15-10-11(2)20-12(3)16(15)17(18)19/h6-10H,4-5H2,1-3H3,(H3,18,19). The van der Waals surface area contributed by atoms with E-state index >= 15 is 0 Å². The molecule has 1 aromatic carbocycles. The summed E-state index contributed by atoms with van der Waals surface area (Å²) in [5.41, 5.74) is 9.04. The summed E-state index contributed by atoms with van der Waals surface area (Å²) >= 11 is 0. The average molecular weight is 283 g/mol. The maximum atomic E-state index is 7.70. The van der Waals surface area contributed by atoms with E-state index in [0.29, 0.717) is 17.0 Å². The Hall–Kier alpha value is -2.36. The van der Waals surface area contributed by atoms with Crippen LogP contribution in [0.1, 0.15) is 35.9 Å². The predicted molar refractivity (Wildman–Crippen MR) is 85.2 cm³/mol. The molecule has 0 atom stereocenters. The lowest BCUT2D eigenvalue weighted by Crippen LogP contribution is -2.15. The molecular formula is C17H21N3O. The van der Waals surface area contributed by atoms with Crippen LogP contribution in [0.15, 0.2) is 30.3 Å². The summed E-state index contributed by atoms with van der Waals surface area (Å²) in [5.74, 6) is 1.29. The Bertz CT molecular complexity index is 648. The van der Waals surface area contributed by atoms with Crippen molar-refractivity contribution in [1.82, 2.24) is 4.98 Å². The summed E-state index contributed by atoms with van der Waals surface area (Å²) in [7, 11) is 0. The maximum absolute atomic E-state index is 7.70. The topological polar surface area (TPSA) is 72.0 Å². The highest BCUT2D eigenvalue weighted by Gasteiger charge is 2.13. The minimum atomic E-state index is -0.0300. The van der Waals surface area contributed by atoms with Crippen molar-refractivity contribution < 1.29 is 4.74 Å². The third-order valence-corrected chi connectivity index (χ3v) is 3.25. The van der Waals surface area contributed by atoms with Gasteiger partial charge in [0.2, 0.25) is 0 Å². The lowest BCUT2D eigenvalue weighted by Gasteiger charge is -2.13. The second kappa shape index (κ2) is 6.39. The summed E-state index contributed by atoms with van der Waals surface area (Å²) in [4.78, 5) is 4.33. The van der Waals surface area contributed by atoms with Crippen LogP contribution < -0.4 is 10.5 Å². The molecule has 0 bridgehead atoms. The highest BCUT2D eigenvalue weighted by Crippen LogP contribution is 2.27. The average Bonchev–Trinajstić information content (AvgIpc) is 2.40. The molecule has 0 amide bonds. The number of pyridine rings is 1. The van der Waals surface area contributed by atoms with Gasteiger partial charge in [0.25, 0.3) is 0 Å². The molecule has 3 N–H and O–H groups in total. The van der Waals surface area contributed by atoms with Gasteiger partial charge in [-0.15, -0.1) is 0 Å². The van der Waals surface area contributed by atoms with E-state index in [0.717, 1.165) is 24.3 Å². The zero-order chi connectivity index (χ0) is 15.4. The van der Waals surface area contributed by atoms with Crippen LogP contribution in [0.25, 0.3) is 0 Å². The quantitative estimate of drug-likeness (QED) is 0.648. The molecule has 4 nitrogen and oxygen atoms in total. The van der Waals surface area contributed by atoms with Crippen molar-refractivity contribution >= 4 is 5.84 Å². The first-order valence-electron chi connectivity index (χ1n) is 7.10. The van der Waals surface area contributed by atoms with E-state index in [4.69, 9.17) is 15.9 Å². The van der Waals surface area contributed by atoms with Crippen LogP contribution in [0.2, 0.25) is 0 Å². The molecule has 0 fully saturated rings. The van der Waals surface area contributed by atoms with Crippen LogP contribution in [0, 0.1) is 19.3 Å². The first-order chi connectivity index (χ1) is 10.0. The van der Waals surface area contributed by atoms with Gasteiger partial charge in [-0.25, -0.2) is 0 Å². The van der Waals surface area contributed by atoms with Gasteiger partial charge in [-0.2, -0.15) is 0 Å². The Morgan fingerprint density at radius 2 is 1.90 bits per heavy atom. The van der Waals surface area contributed by atoms with Crippen molar-refractivity contribution in [2.75, 3.05) is 0 Å². The Morgan fingerprint density at radius 1 is 1.24 bits per heavy atom. The van der Waals surface area contributed by atoms with Crippen LogP contribution >= 0.6 is 0 Å². The fraction of sp³-hybridized carbons (Fsp3) is 0.294. The lowest BCUT2D eigenvalue weighted by molar-refractivity contribution is 0.479. The van der Waals surface area contributed by atoms with Crippen molar-refractivity contribution in [3.8, 4) is 11.5 Å². The van der Waals surface area contributed by atoms with Gasteiger partial charge in [-0.05, 0) is 38.0 Å². The summed E-state index contributed by atoms with van der Waals surface area (Å²) in [6, 6.07) is 9.82. The summed E-state index contributed by atoms with van der Waals surface area (Å²) in [5, 5.41) is 7.70. The monoisotopic (exact) mass is 283 g/mol. The van der Waals surface area contributed by atoms with Crippen molar-refractivity contribution in [3.63, 3.8) is 0 Å². The minimum Gasteiger partial charge on any atom is -0.456 e. The normalized spacial score (nSPS) is 10.4. The van der Waals surface area contributed by atoms with E-state index in [9.17, 15) is 0 Å². The van der Waals surface area contributed by atoms with E-state index in [1.54, 1.807) is 0 Å². The number of nitrogens with zero attached hydrogens (tertiary/aromatic N) is 1. The van der Waals surface area contributed by atoms with E-state index in [1.165, 1.54) is 5.56 Å². The Kier molecular flexibility index (Phi) is 4.58. The van der Waals surface area contributed by atoms with E-state index in [2.05, 4.69) is 24.0 Å². The van der Waals surface area contributed by atoms with Crippen molar-refractivity contribution in [1.29, 1.82) is 5.41 Å². The lowest BCUT2D eigenvalue weighted by atomic mass is 10.1. The molecule has 2 aromatic rings. The van der Waals surface area contributed by atoms with E-state index in [-0.39, 0.29) is 5.84 Å². The molecule has 2 rings (SSSR count). The summed E-state index contributed by atoms with van der Waals surface area (Å²) in [6.07, 6.45) is 2.18. The van der Waals surface area contributed by atoms with Crippen LogP contribution in [0.3, 0.4) is 0 Å². The van der Waals surface area contributed by atoms with Gasteiger partial charge < -0.3 is 10.5 Å². The number of benzene rings is 1. The number of nitrogens with one attached hydrogen (secondary N) is 1. The van der Waals surface area contributed by atoms with Crippen LogP contribution in [0.4, 0.5) is 0 Å². The van der Waals surface area contributed by atoms with Crippen molar-refractivity contribution in [2.45, 2.75) is 33.6 Å². The fourth-order valence-electron chi connectivity index (χ4n) is 2.34. The smallest absolute Gasteiger partial charge is 0.141 e. The van der Waals surface area contributed by atoms with Crippen LogP contribution in [-0.4, -0.2) is 10.8 Å². The van der Waals surface area contributed by atoms with Crippen molar-refractivity contribution in [3.05, 3.63) is 52.8 Å². The molecule has 0 unspecified atom stereocenters. The minimum absolute atomic E-state index is 0.0300. The van der Waals surface area contributed by atoms with Gasteiger partial charge in [0.05, 0.1) is 11.3 Å². The molecule has 0 radical (unpaired) electrons. The molecule has 0 aliphatic rings. The molecule has 0 aliphatic carbocycles. The Morgan fingerprint density at radius 3 is 2.48 bits per heavy atom. The zero-order valence-electron chi connectivity index (χ0n) is 12.7. The highest BCUT2D eigenvalue weighted by atomic mass is 16.5. The molecular weight excluding hydrogens is 262 g/mol. The number of amidine groups is 1. The van der Waals surface area contributed by atoms with Gasteiger partial charge >= 0.3 is 0 Å². The molecule has 1 aromatic heterocycles. The fourth-order valence-corrected chi connectivity index (χ4v) is 2.34. The zero-order valence-corrected chi connectivity index (χ0v) is 12.7. The molecule has 1 heterocycles. The molecule has 0 spiro atoms. The third-order valence-electron chi connectivity index (χ3n) is 3.25. The number of hydrogen-bond donors (Lipinski definition) is 2. The molecule has 0 saturated carbocycles. The molecule has 21 heavy (non-hydrogen) atoms. The number of ether oxygens (including phenoxy) is 1. The first-order valence-corrected chi connectivity index (χ1v) is 7.10. The van der Waals surface area contributed by atoms with Crippen LogP contribution in [-0.2, 0) is 6.42 Å². The Labute approximate surface area is 125 Å². The van der Waals surface area contributed by atoms with Crippen molar-refractivity contribution in [2.24, 2.45) is 5.73 Å². The van der Waals surface area contributed by atoms with Gasteiger partial charge in [0.15, 0.2) is 0 Å². The van der Waals surface area contributed by atoms with Gasteiger partial charge in [0.1, 0.15) is 17.3 Å². The van der Waals surface area contributed by atoms with Gasteiger partial charge in [-0.1, -0.05) is 25.5 Å². The number of aromatic nitrogens is 1. The van der Waals surface area contributed by atoms with E-state index in [1.807, 2.05) is 32.0 Å². The third kappa shape index (κ3) is 3.60. The maximum Gasteiger partial charge on any atom is 0.141 e. The van der Waals surface area contributed by atoms with Gasteiger partial charge in [-0.3, -0.25) is 10.4 Å². The number of aryl methyl sites for hydroxylation is 3. The molecule has 0 saturated heterocycles. The van der Waals surface area contributed by atoms with Gasteiger partial charge in [0, 0.05) is 11.8 Å². The number of hydrogen-bond acceptors (Lipinski definition) is 3. The molecule has 4 heteroatoms. The number of nitrogen functional groups attached to an aromatic ring is 1. The van der Waals surface area contributed by atoms with Crippen LogP contribution in [0.5, 0.6) is 11.5 Å². The second-order valence-corrected chi connectivity index (χ2v) is 5.13. The summed E-state index contributed by atoms with van der Waals surface area (Å²) in [6.45, 7) is 5.89. The predicted octanol–water partition coefficient (Wildman–Crippen LogP) is 3.73. The first kappa shape index (κ1) is 15.0. The number of rotatable bonds is 5. The van der Waals surface area contributed by atoms with E-state index < -0.39 is 0 Å². The number of nitrogens with two attached hydrogens (primary N) is 1. The second-order valence-electron chi connectivity index (χ2n) is 5.13. The highest BCUT2D eigenvalue weighted by molar-refractivity contribution is 5.98. The SMILES string of the molecule is CCCc1ccc(Oc2cc(C)nc(C)c2C(=N)N)cc1. The molecule has 110 valence electrons. The summed E-state index contributed by atoms with van der Waals surface area (Å²) < 4.78 is 5.90. The largest absolute Gasteiger partial charge is 0.456 e.